The molecule has 51 heavy (non-hydrogen) atoms. The summed E-state index contributed by atoms with van der Waals surface area (Å²) in [6, 6.07) is 66.0. The van der Waals surface area contributed by atoms with E-state index in [9.17, 15) is 0 Å². The van der Waals surface area contributed by atoms with E-state index in [1.165, 1.54) is 22.3 Å². The van der Waals surface area contributed by atoms with Gasteiger partial charge in [-0.3, -0.25) is 0 Å². The number of para-hydroxylation sites is 2. The Kier molecular flexibility index (Phi) is 10.6. The maximum Gasteiger partial charge on any atom is 0.164 e. The fraction of sp³-hybridized carbons (Fsp3) is 0. The average Bonchev–Trinajstić information content (AvgIpc) is 3.20. The van der Waals surface area contributed by atoms with Crippen molar-refractivity contribution in [3.05, 3.63) is 194 Å². The molecule has 6 heteroatoms. The lowest BCUT2D eigenvalue weighted by Gasteiger charge is -2.20. The fourth-order valence-corrected chi connectivity index (χ4v) is 5.94. The summed E-state index contributed by atoms with van der Waals surface area (Å²) in [6.07, 6.45) is 0. The van der Waals surface area contributed by atoms with Gasteiger partial charge in [0.2, 0.25) is 0 Å². The van der Waals surface area contributed by atoms with Crippen LogP contribution in [0.1, 0.15) is 0 Å². The van der Waals surface area contributed by atoms with E-state index in [0.29, 0.717) is 17.2 Å². The molecule has 0 saturated heterocycles. The van der Waals surface area contributed by atoms with Crippen molar-refractivity contribution in [3.8, 4) is 45.0 Å². The SMILES string of the molecule is Pc1nc(-c2ccccc2)nc(-c2ccccc2)n1.c1ccc(Nc2cc(-c3ccccc3)c(-c3ccccc3)cc2Nc2ccccc2)cc1. The minimum Gasteiger partial charge on any atom is -0.354 e. The molecular formula is C45H36N5P. The van der Waals surface area contributed by atoms with Crippen LogP contribution in [0.3, 0.4) is 0 Å². The minimum atomic E-state index is 0.646. The van der Waals surface area contributed by atoms with Gasteiger partial charge in [0.05, 0.1) is 11.4 Å². The zero-order valence-corrected chi connectivity index (χ0v) is 29.0. The fourth-order valence-electron chi connectivity index (χ4n) is 5.70. The molecule has 8 aromatic rings. The molecule has 0 aliphatic heterocycles. The summed E-state index contributed by atoms with van der Waals surface area (Å²) < 4.78 is 0. The number of nitrogens with zero attached hydrogens (tertiary/aromatic N) is 3. The lowest BCUT2D eigenvalue weighted by Crippen LogP contribution is -2.09. The van der Waals surface area contributed by atoms with Crippen molar-refractivity contribution in [2.24, 2.45) is 0 Å². The second kappa shape index (κ2) is 16.3. The van der Waals surface area contributed by atoms with Crippen molar-refractivity contribution in [1.29, 1.82) is 0 Å². The van der Waals surface area contributed by atoms with Crippen LogP contribution in [0, 0.1) is 0 Å². The molecule has 0 aliphatic carbocycles. The molecule has 0 radical (unpaired) electrons. The molecule has 0 bridgehead atoms. The van der Waals surface area contributed by atoms with E-state index in [0.717, 1.165) is 33.9 Å². The normalized spacial score (nSPS) is 10.5. The molecule has 2 N–H and O–H groups in total. The summed E-state index contributed by atoms with van der Waals surface area (Å²) >= 11 is 0. The van der Waals surface area contributed by atoms with Crippen LogP contribution in [0.2, 0.25) is 0 Å². The van der Waals surface area contributed by atoms with Gasteiger partial charge in [-0.2, -0.15) is 0 Å². The predicted octanol–water partition coefficient (Wildman–Crippen LogP) is 11.2. The third kappa shape index (κ3) is 8.60. The van der Waals surface area contributed by atoms with Gasteiger partial charge in [-0.05, 0) is 58.7 Å². The highest BCUT2D eigenvalue weighted by atomic mass is 31.0. The molecule has 1 aromatic heterocycles. The molecule has 0 fully saturated rings. The zero-order chi connectivity index (χ0) is 34.7. The molecule has 0 saturated carbocycles. The van der Waals surface area contributed by atoms with Crippen LogP contribution < -0.4 is 16.2 Å². The third-order valence-corrected chi connectivity index (χ3v) is 8.41. The first kappa shape index (κ1) is 33.1. The van der Waals surface area contributed by atoms with Crippen molar-refractivity contribution in [2.45, 2.75) is 0 Å². The number of nitrogens with one attached hydrogen (secondary N) is 2. The van der Waals surface area contributed by atoms with Crippen LogP contribution in [0.25, 0.3) is 45.0 Å². The Morgan fingerprint density at radius 1 is 0.333 bits per heavy atom. The van der Waals surface area contributed by atoms with E-state index in [1.54, 1.807) is 0 Å². The number of rotatable bonds is 8. The largest absolute Gasteiger partial charge is 0.354 e. The number of hydrogen-bond acceptors (Lipinski definition) is 5. The second-order valence-electron chi connectivity index (χ2n) is 11.7. The van der Waals surface area contributed by atoms with Gasteiger partial charge in [-0.1, -0.05) is 167 Å². The van der Waals surface area contributed by atoms with Crippen molar-refractivity contribution in [1.82, 2.24) is 15.0 Å². The third-order valence-electron chi connectivity index (χ3n) is 8.15. The molecule has 5 nitrogen and oxygen atoms in total. The Labute approximate surface area is 301 Å². The van der Waals surface area contributed by atoms with Gasteiger partial charge in [-0.15, -0.1) is 0 Å². The lowest BCUT2D eigenvalue weighted by molar-refractivity contribution is 1.11. The lowest BCUT2D eigenvalue weighted by atomic mass is 9.93. The van der Waals surface area contributed by atoms with Crippen LogP contribution in [0.4, 0.5) is 22.7 Å². The van der Waals surface area contributed by atoms with Gasteiger partial charge in [0.25, 0.3) is 0 Å². The first-order valence-electron chi connectivity index (χ1n) is 16.7. The standard InChI is InChI=1S/C30H24N2.C15H12N3P/c1-5-13-23(14-6-1)27-21-29(31-25-17-9-3-10-18-25)30(32-26-19-11-4-12-20-26)22-28(27)24-15-7-2-8-16-24;19-15-17-13(11-7-3-1-4-8-11)16-14(18-15)12-9-5-2-6-10-12/h1-22,31-32H;1-10H,19H2. The highest BCUT2D eigenvalue weighted by Crippen LogP contribution is 2.40. The van der Waals surface area contributed by atoms with Crippen molar-refractivity contribution in [2.75, 3.05) is 10.6 Å². The summed E-state index contributed by atoms with van der Waals surface area (Å²) in [7, 11) is 2.54. The minimum absolute atomic E-state index is 0.646. The van der Waals surface area contributed by atoms with Crippen LogP contribution in [0.5, 0.6) is 0 Å². The molecule has 1 atom stereocenters. The van der Waals surface area contributed by atoms with Gasteiger partial charge in [0.1, 0.15) is 5.57 Å². The Morgan fingerprint density at radius 2 is 0.627 bits per heavy atom. The highest BCUT2D eigenvalue weighted by Gasteiger charge is 2.14. The van der Waals surface area contributed by atoms with Crippen LogP contribution in [-0.4, -0.2) is 15.0 Å². The van der Waals surface area contributed by atoms with Crippen LogP contribution in [-0.2, 0) is 0 Å². The van der Waals surface area contributed by atoms with Crippen LogP contribution in [0.15, 0.2) is 194 Å². The second-order valence-corrected chi connectivity index (χ2v) is 12.2. The van der Waals surface area contributed by atoms with Crippen molar-refractivity contribution >= 4 is 37.6 Å². The quantitative estimate of drug-likeness (QED) is 0.157. The topological polar surface area (TPSA) is 62.7 Å². The molecule has 246 valence electrons. The molecule has 0 aliphatic rings. The monoisotopic (exact) mass is 677 g/mol. The Hall–Kier alpha value is -6.42. The molecule has 8 rings (SSSR count). The van der Waals surface area contributed by atoms with Gasteiger partial charge < -0.3 is 10.6 Å². The van der Waals surface area contributed by atoms with E-state index >= 15 is 0 Å². The van der Waals surface area contributed by atoms with Gasteiger partial charge >= 0.3 is 0 Å². The molecule has 7 aromatic carbocycles. The zero-order valence-electron chi connectivity index (χ0n) is 27.9. The van der Waals surface area contributed by atoms with E-state index < -0.39 is 0 Å². The number of hydrogen-bond donors (Lipinski definition) is 2. The Balaban J connectivity index is 0.000000182. The summed E-state index contributed by atoms with van der Waals surface area (Å²) in [5, 5.41) is 7.24. The molecule has 1 unspecified atom stereocenters. The van der Waals surface area contributed by atoms with Gasteiger partial charge in [-0.25, -0.2) is 15.0 Å². The number of benzene rings is 7. The summed E-state index contributed by atoms with van der Waals surface area (Å²) in [5.41, 5.74) is 11.5. The number of anilines is 4. The van der Waals surface area contributed by atoms with Crippen molar-refractivity contribution < 1.29 is 0 Å². The van der Waals surface area contributed by atoms with Crippen molar-refractivity contribution in [3.63, 3.8) is 0 Å². The molecule has 1 heterocycles. The highest BCUT2D eigenvalue weighted by molar-refractivity contribution is 7.26. The van der Waals surface area contributed by atoms with Gasteiger partial charge in [0.15, 0.2) is 11.6 Å². The Morgan fingerprint density at radius 3 is 0.961 bits per heavy atom. The van der Waals surface area contributed by atoms with E-state index in [-0.39, 0.29) is 0 Å². The molecule has 0 spiro atoms. The predicted molar refractivity (Wildman–Crippen MR) is 217 cm³/mol. The first-order valence-corrected chi connectivity index (χ1v) is 17.3. The molecule has 0 amide bonds. The summed E-state index contributed by atoms with van der Waals surface area (Å²) in [4.78, 5) is 13.3. The van der Waals surface area contributed by atoms with E-state index in [1.807, 2.05) is 97.1 Å². The summed E-state index contributed by atoms with van der Waals surface area (Å²) in [6.45, 7) is 0. The molecular weight excluding hydrogens is 642 g/mol. The Bertz CT molecular complexity index is 2130. The maximum absolute atomic E-state index is 4.54. The summed E-state index contributed by atoms with van der Waals surface area (Å²) in [5.74, 6) is 1.39. The smallest absolute Gasteiger partial charge is 0.164 e. The number of aromatic nitrogens is 3. The van der Waals surface area contributed by atoms with E-state index in [2.05, 4.69) is 132 Å². The average molecular weight is 678 g/mol. The van der Waals surface area contributed by atoms with E-state index in [4.69, 9.17) is 0 Å². The van der Waals surface area contributed by atoms with Crippen LogP contribution >= 0.6 is 9.24 Å². The first-order chi connectivity index (χ1) is 25.2. The maximum atomic E-state index is 4.54. The van der Waals surface area contributed by atoms with Gasteiger partial charge in [0, 0.05) is 22.5 Å².